The Morgan fingerprint density at radius 1 is 1.03 bits per heavy atom. The molecule has 1 saturated carbocycles. The van der Waals surface area contributed by atoms with Crippen LogP contribution in [-0.2, 0) is 14.4 Å². The Labute approximate surface area is 192 Å². The SMILES string of the molecule is O=CCCCCCC(Nc1ccc(/C(=C/c2ccc(F)cc2)C(=O)NC2CC2)cc1)C(=O)O. The summed E-state index contributed by atoms with van der Waals surface area (Å²) in [6.45, 7) is 0. The van der Waals surface area contributed by atoms with Crippen LogP contribution in [0.25, 0.3) is 11.6 Å². The normalized spacial score (nSPS) is 14.4. The molecule has 1 atom stereocenters. The minimum Gasteiger partial charge on any atom is -0.480 e. The van der Waals surface area contributed by atoms with Gasteiger partial charge in [-0.25, -0.2) is 9.18 Å². The maximum absolute atomic E-state index is 13.3. The Bertz CT molecular complexity index is 982. The fourth-order valence-electron chi connectivity index (χ4n) is 3.45. The van der Waals surface area contributed by atoms with E-state index in [0.717, 1.165) is 32.0 Å². The number of aliphatic carboxylic acids is 1. The second-order valence-corrected chi connectivity index (χ2v) is 8.27. The number of aldehydes is 1. The highest BCUT2D eigenvalue weighted by Crippen LogP contribution is 2.25. The Balaban J connectivity index is 1.72. The zero-order valence-corrected chi connectivity index (χ0v) is 18.4. The first-order valence-electron chi connectivity index (χ1n) is 11.3. The van der Waals surface area contributed by atoms with E-state index in [0.29, 0.717) is 41.6 Å². The molecule has 33 heavy (non-hydrogen) atoms. The standard InChI is InChI=1S/C26H29FN2O4/c27-20-10-6-18(7-11-20)17-23(25(31)29-22-14-15-22)19-8-12-21(13-9-19)28-24(26(32)33)5-3-1-2-4-16-30/h6-13,16-17,22,24,28H,1-5,14-15H2,(H,29,31)(H,32,33)/b23-17-. The highest BCUT2D eigenvalue weighted by Gasteiger charge is 2.25. The van der Waals surface area contributed by atoms with Gasteiger partial charge in [0.2, 0.25) is 0 Å². The van der Waals surface area contributed by atoms with Crippen LogP contribution < -0.4 is 10.6 Å². The summed E-state index contributed by atoms with van der Waals surface area (Å²) in [5, 5.41) is 15.5. The summed E-state index contributed by atoms with van der Waals surface area (Å²) < 4.78 is 13.3. The van der Waals surface area contributed by atoms with Crippen LogP contribution in [0.15, 0.2) is 48.5 Å². The number of benzene rings is 2. The number of unbranched alkanes of at least 4 members (excludes halogenated alkanes) is 3. The van der Waals surface area contributed by atoms with Gasteiger partial charge in [-0.05, 0) is 67.2 Å². The van der Waals surface area contributed by atoms with E-state index >= 15 is 0 Å². The minimum atomic E-state index is -0.935. The van der Waals surface area contributed by atoms with E-state index in [1.54, 1.807) is 42.5 Å². The third kappa shape index (κ3) is 7.86. The Kier molecular flexibility index (Phi) is 8.75. The van der Waals surface area contributed by atoms with E-state index < -0.39 is 12.0 Å². The Morgan fingerprint density at radius 2 is 1.73 bits per heavy atom. The molecule has 1 amide bonds. The van der Waals surface area contributed by atoms with Crippen molar-refractivity contribution in [3.63, 3.8) is 0 Å². The van der Waals surface area contributed by atoms with Crippen molar-refractivity contribution in [3.8, 4) is 0 Å². The van der Waals surface area contributed by atoms with Crippen molar-refractivity contribution >= 4 is 35.5 Å². The summed E-state index contributed by atoms with van der Waals surface area (Å²) in [5.74, 6) is -1.47. The molecule has 0 aliphatic heterocycles. The lowest BCUT2D eigenvalue weighted by Crippen LogP contribution is -2.29. The number of carboxylic acid groups (broad SMARTS) is 1. The van der Waals surface area contributed by atoms with E-state index in [1.165, 1.54) is 12.1 Å². The van der Waals surface area contributed by atoms with Crippen molar-refractivity contribution in [2.75, 3.05) is 5.32 Å². The first-order valence-corrected chi connectivity index (χ1v) is 11.3. The number of nitrogens with one attached hydrogen (secondary N) is 2. The van der Waals surface area contributed by atoms with Gasteiger partial charge >= 0.3 is 5.97 Å². The lowest BCUT2D eigenvalue weighted by Gasteiger charge is -2.16. The molecule has 0 saturated heterocycles. The predicted octanol–water partition coefficient (Wildman–Crippen LogP) is 4.66. The Morgan fingerprint density at radius 3 is 2.33 bits per heavy atom. The molecule has 0 spiro atoms. The molecule has 174 valence electrons. The number of halogens is 1. The maximum atomic E-state index is 13.3. The quantitative estimate of drug-likeness (QED) is 0.178. The zero-order chi connectivity index (χ0) is 23.6. The number of carboxylic acids is 1. The van der Waals surface area contributed by atoms with E-state index in [9.17, 15) is 23.9 Å². The molecule has 0 aromatic heterocycles. The summed E-state index contributed by atoms with van der Waals surface area (Å²) >= 11 is 0. The topological polar surface area (TPSA) is 95.5 Å². The fraction of sp³-hybridized carbons (Fsp3) is 0.346. The second kappa shape index (κ2) is 11.9. The molecule has 3 N–H and O–H groups in total. The Hall–Kier alpha value is -3.48. The van der Waals surface area contributed by atoms with Crippen molar-refractivity contribution in [3.05, 3.63) is 65.5 Å². The highest BCUT2D eigenvalue weighted by molar-refractivity contribution is 6.24. The number of hydrogen-bond acceptors (Lipinski definition) is 4. The van der Waals surface area contributed by atoms with Crippen LogP contribution in [0, 0.1) is 5.82 Å². The van der Waals surface area contributed by atoms with Gasteiger partial charge in [-0.15, -0.1) is 0 Å². The van der Waals surface area contributed by atoms with Gasteiger partial charge in [-0.1, -0.05) is 37.1 Å². The maximum Gasteiger partial charge on any atom is 0.326 e. The summed E-state index contributed by atoms with van der Waals surface area (Å²) in [5.41, 5.74) is 2.50. The van der Waals surface area contributed by atoms with Gasteiger partial charge in [0.1, 0.15) is 18.1 Å². The minimum absolute atomic E-state index is 0.193. The molecule has 6 nitrogen and oxygen atoms in total. The van der Waals surface area contributed by atoms with Crippen LogP contribution in [0.3, 0.4) is 0 Å². The smallest absolute Gasteiger partial charge is 0.326 e. The first-order chi connectivity index (χ1) is 16.0. The highest BCUT2D eigenvalue weighted by atomic mass is 19.1. The molecule has 0 bridgehead atoms. The van der Waals surface area contributed by atoms with Crippen molar-refractivity contribution in [2.24, 2.45) is 0 Å². The van der Waals surface area contributed by atoms with Gasteiger partial charge in [0.15, 0.2) is 0 Å². The molecule has 1 fully saturated rings. The molecule has 3 rings (SSSR count). The molecule has 1 unspecified atom stereocenters. The number of anilines is 1. The first kappa shape index (κ1) is 24.2. The average Bonchev–Trinajstić information content (AvgIpc) is 3.62. The van der Waals surface area contributed by atoms with Crippen molar-refractivity contribution < 1.29 is 23.9 Å². The molecular formula is C26H29FN2O4. The lowest BCUT2D eigenvalue weighted by molar-refractivity contribution is -0.138. The van der Waals surface area contributed by atoms with E-state index in [1.807, 2.05) is 0 Å². The van der Waals surface area contributed by atoms with Gasteiger partial charge in [-0.3, -0.25) is 4.79 Å². The van der Waals surface area contributed by atoms with Crippen LogP contribution in [-0.4, -0.2) is 35.4 Å². The number of amides is 1. The summed E-state index contributed by atoms with van der Waals surface area (Å²) in [7, 11) is 0. The molecule has 2 aromatic rings. The second-order valence-electron chi connectivity index (χ2n) is 8.27. The number of rotatable bonds is 13. The molecule has 7 heteroatoms. The third-order valence-electron chi connectivity index (χ3n) is 5.49. The van der Waals surface area contributed by atoms with Gasteiger partial charge in [0.25, 0.3) is 5.91 Å². The van der Waals surface area contributed by atoms with Crippen LogP contribution in [0.1, 0.15) is 56.1 Å². The molecule has 1 aliphatic rings. The van der Waals surface area contributed by atoms with E-state index in [2.05, 4.69) is 10.6 Å². The van der Waals surface area contributed by atoms with E-state index in [-0.39, 0.29) is 17.8 Å². The lowest BCUT2D eigenvalue weighted by atomic mass is 10.0. The van der Waals surface area contributed by atoms with Crippen molar-refractivity contribution in [2.45, 2.75) is 57.0 Å². The summed E-state index contributed by atoms with van der Waals surface area (Å²) in [6.07, 6.45) is 7.74. The summed E-state index contributed by atoms with van der Waals surface area (Å²) in [6, 6.07) is 12.4. The van der Waals surface area contributed by atoms with Crippen molar-refractivity contribution in [1.82, 2.24) is 5.32 Å². The fourth-order valence-corrected chi connectivity index (χ4v) is 3.45. The van der Waals surface area contributed by atoms with Crippen LogP contribution >= 0.6 is 0 Å². The van der Waals surface area contributed by atoms with Crippen LogP contribution in [0.5, 0.6) is 0 Å². The molecular weight excluding hydrogens is 423 g/mol. The van der Waals surface area contributed by atoms with Gasteiger partial charge in [-0.2, -0.15) is 0 Å². The number of hydrogen-bond donors (Lipinski definition) is 3. The average molecular weight is 453 g/mol. The third-order valence-corrected chi connectivity index (χ3v) is 5.49. The zero-order valence-electron chi connectivity index (χ0n) is 18.4. The molecule has 0 radical (unpaired) electrons. The van der Waals surface area contributed by atoms with E-state index in [4.69, 9.17) is 0 Å². The van der Waals surface area contributed by atoms with Crippen LogP contribution in [0.4, 0.5) is 10.1 Å². The number of carbonyl (C=O) groups excluding carboxylic acids is 2. The van der Waals surface area contributed by atoms with Gasteiger partial charge in [0.05, 0.1) is 0 Å². The van der Waals surface area contributed by atoms with Gasteiger partial charge in [0, 0.05) is 23.7 Å². The molecule has 2 aromatic carbocycles. The number of carbonyl (C=O) groups is 3. The largest absolute Gasteiger partial charge is 0.480 e. The predicted molar refractivity (Wildman–Crippen MR) is 126 cm³/mol. The van der Waals surface area contributed by atoms with Crippen LogP contribution in [0.2, 0.25) is 0 Å². The monoisotopic (exact) mass is 452 g/mol. The van der Waals surface area contributed by atoms with Crippen molar-refractivity contribution in [1.29, 1.82) is 0 Å². The van der Waals surface area contributed by atoms with Gasteiger partial charge < -0.3 is 20.5 Å². The molecule has 1 aliphatic carbocycles. The molecule has 0 heterocycles. The summed E-state index contributed by atoms with van der Waals surface area (Å²) in [4.78, 5) is 34.8.